The highest BCUT2D eigenvalue weighted by Crippen LogP contribution is 2.36. The molecule has 0 spiro atoms. The Morgan fingerprint density at radius 3 is 3.15 bits per heavy atom. The predicted octanol–water partition coefficient (Wildman–Crippen LogP) is 2.65. The Bertz CT molecular complexity index is 778. The zero-order valence-electron chi connectivity index (χ0n) is 11.0. The van der Waals surface area contributed by atoms with Crippen molar-refractivity contribution >= 4 is 11.0 Å². The Morgan fingerprint density at radius 2 is 2.25 bits per heavy atom. The number of aryl methyl sites for hydroxylation is 1. The maximum atomic E-state index is 9.49. The molecule has 1 atom stereocenters. The molecule has 1 aliphatic carbocycles. The molecular weight excluding hydrogens is 250 g/mol. The van der Waals surface area contributed by atoms with Gasteiger partial charge >= 0.3 is 0 Å². The number of pyridine rings is 1. The van der Waals surface area contributed by atoms with Crippen molar-refractivity contribution in [3.8, 4) is 11.1 Å². The molecule has 0 radical (unpaired) electrons. The molecule has 4 nitrogen and oxygen atoms in total. The standard InChI is InChI=1S/C16H15N3O/c20-9-12-4-2-10-1-3-11(7-14(10)12)13-5-6-17-16-15(13)8-18-19-16/h1,3,5-8,12,20H,2,4,9H2,(H,17,18,19)/t12-/m1/s1. The molecule has 100 valence electrons. The lowest BCUT2D eigenvalue weighted by Gasteiger charge is -2.10. The van der Waals surface area contributed by atoms with Gasteiger partial charge in [0.2, 0.25) is 0 Å². The van der Waals surface area contributed by atoms with Crippen LogP contribution in [0, 0.1) is 0 Å². The van der Waals surface area contributed by atoms with E-state index in [0.717, 1.165) is 35.0 Å². The number of aliphatic hydroxyl groups is 1. The number of aromatic nitrogens is 3. The van der Waals surface area contributed by atoms with Crippen LogP contribution >= 0.6 is 0 Å². The Balaban J connectivity index is 1.89. The van der Waals surface area contributed by atoms with Gasteiger partial charge in [-0.05, 0) is 41.2 Å². The SMILES string of the molecule is OC[C@H]1CCc2ccc(-c3ccnc4[nH]ncc34)cc21. The summed E-state index contributed by atoms with van der Waals surface area (Å²) in [6.07, 6.45) is 5.73. The van der Waals surface area contributed by atoms with Crippen molar-refractivity contribution in [1.29, 1.82) is 0 Å². The van der Waals surface area contributed by atoms with Gasteiger partial charge in [0, 0.05) is 24.1 Å². The molecule has 0 saturated heterocycles. The van der Waals surface area contributed by atoms with Crippen LogP contribution in [0.3, 0.4) is 0 Å². The van der Waals surface area contributed by atoms with E-state index in [9.17, 15) is 5.11 Å². The summed E-state index contributed by atoms with van der Waals surface area (Å²) >= 11 is 0. The minimum atomic E-state index is 0.230. The second-order valence-corrected chi connectivity index (χ2v) is 5.32. The highest BCUT2D eigenvalue weighted by molar-refractivity contribution is 5.92. The summed E-state index contributed by atoms with van der Waals surface area (Å²) in [5.41, 5.74) is 5.76. The van der Waals surface area contributed by atoms with Gasteiger partial charge in [0.1, 0.15) is 0 Å². The molecule has 2 aromatic heterocycles. The lowest BCUT2D eigenvalue weighted by molar-refractivity contribution is 0.265. The van der Waals surface area contributed by atoms with Crippen LogP contribution < -0.4 is 0 Å². The minimum Gasteiger partial charge on any atom is -0.396 e. The molecule has 0 saturated carbocycles. The molecular formula is C16H15N3O. The molecule has 0 fully saturated rings. The number of aliphatic hydroxyl groups excluding tert-OH is 1. The fraction of sp³-hybridized carbons (Fsp3) is 0.250. The molecule has 3 aromatic rings. The van der Waals surface area contributed by atoms with E-state index in [-0.39, 0.29) is 12.5 Å². The zero-order chi connectivity index (χ0) is 13.5. The van der Waals surface area contributed by atoms with E-state index in [1.807, 2.05) is 12.3 Å². The zero-order valence-corrected chi connectivity index (χ0v) is 11.0. The number of H-pyrrole nitrogens is 1. The molecule has 20 heavy (non-hydrogen) atoms. The molecule has 4 rings (SSSR count). The Labute approximate surface area is 116 Å². The number of nitrogens with zero attached hydrogens (tertiary/aromatic N) is 2. The monoisotopic (exact) mass is 265 g/mol. The van der Waals surface area contributed by atoms with E-state index in [0.29, 0.717) is 0 Å². The third-order valence-corrected chi connectivity index (χ3v) is 4.23. The van der Waals surface area contributed by atoms with Crippen molar-refractivity contribution in [3.05, 3.63) is 47.8 Å². The number of benzene rings is 1. The van der Waals surface area contributed by atoms with Gasteiger partial charge in [-0.25, -0.2) is 4.98 Å². The molecule has 1 aromatic carbocycles. The van der Waals surface area contributed by atoms with Gasteiger partial charge < -0.3 is 5.11 Å². The van der Waals surface area contributed by atoms with Gasteiger partial charge in [0.15, 0.2) is 5.65 Å². The highest BCUT2D eigenvalue weighted by Gasteiger charge is 2.22. The lowest BCUT2D eigenvalue weighted by atomic mass is 9.96. The van der Waals surface area contributed by atoms with Gasteiger partial charge in [-0.1, -0.05) is 18.2 Å². The topological polar surface area (TPSA) is 61.8 Å². The average molecular weight is 265 g/mol. The first-order chi connectivity index (χ1) is 9.86. The van der Waals surface area contributed by atoms with Crippen molar-refractivity contribution in [2.75, 3.05) is 6.61 Å². The first-order valence-corrected chi connectivity index (χ1v) is 6.89. The molecule has 1 aliphatic rings. The van der Waals surface area contributed by atoms with Crippen LogP contribution in [-0.4, -0.2) is 26.9 Å². The second-order valence-electron chi connectivity index (χ2n) is 5.32. The smallest absolute Gasteiger partial charge is 0.155 e. The number of hydrogen-bond acceptors (Lipinski definition) is 3. The summed E-state index contributed by atoms with van der Waals surface area (Å²) in [6, 6.07) is 8.57. The lowest BCUT2D eigenvalue weighted by Crippen LogP contribution is -1.99. The summed E-state index contributed by atoms with van der Waals surface area (Å²) in [5, 5.41) is 17.5. The van der Waals surface area contributed by atoms with E-state index in [1.54, 1.807) is 6.20 Å². The van der Waals surface area contributed by atoms with Crippen LogP contribution in [0.4, 0.5) is 0 Å². The fourth-order valence-electron chi connectivity index (χ4n) is 3.15. The largest absolute Gasteiger partial charge is 0.396 e. The molecule has 0 amide bonds. The predicted molar refractivity (Wildman–Crippen MR) is 77.5 cm³/mol. The van der Waals surface area contributed by atoms with Crippen LogP contribution in [0.1, 0.15) is 23.5 Å². The van der Waals surface area contributed by atoms with Crippen molar-refractivity contribution in [2.45, 2.75) is 18.8 Å². The summed E-state index contributed by atoms with van der Waals surface area (Å²) in [7, 11) is 0. The number of rotatable bonds is 2. The fourth-order valence-corrected chi connectivity index (χ4v) is 3.15. The Hall–Kier alpha value is -2.20. The van der Waals surface area contributed by atoms with E-state index in [4.69, 9.17) is 0 Å². The van der Waals surface area contributed by atoms with E-state index < -0.39 is 0 Å². The number of aromatic amines is 1. The number of fused-ring (bicyclic) bond motifs is 2. The Morgan fingerprint density at radius 1 is 1.30 bits per heavy atom. The van der Waals surface area contributed by atoms with E-state index >= 15 is 0 Å². The first-order valence-electron chi connectivity index (χ1n) is 6.89. The molecule has 0 unspecified atom stereocenters. The molecule has 4 heteroatoms. The van der Waals surface area contributed by atoms with E-state index in [1.165, 1.54) is 11.1 Å². The third-order valence-electron chi connectivity index (χ3n) is 4.23. The maximum Gasteiger partial charge on any atom is 0.155 e. The number of nitrogens with one attached hydrogen (secondary N) is 1. The summed E-state index contributed by atoms with van der Waals surface area (Å²) < 4.78 is 0. The molecule has 2 N–H and O–H groups in total. The highest BCUT2D eigenvalue weighted by atomic mass is 16.3. The molecule has 2 heterocycles. The third kappa shape index (κ3) is 1.65. The van der Waals surface area contributed by atoms with E-state index in [2.05, 4.69) is 33.4 Å². The summed E-state index contributed by atoms with van der Waals surface area (Å²) in [6.45, 7) is 0.230. The van der Waals surface area contributed by atoms with Gasteiger partial charge in [0.05, 0.1) is 6.20 Å². The minimum absolute atomic E-state index is 0.230. The van der Waals surface area contributed by atoms with Gasteiger partial charge in [-0.15, -0.1) is 0 Å². The Kier molecular flexibility index (Phi) is 2.57. The van der Waals surface area contributed by atoms with Gasteiger partial charge in [0.25, 0.3) is 0 Å². The second kappa shape index (κ2) is 4.42. The van der Waals surface area contributed by atoms with Gasteiger partial charge in [-0.3, -0.25) is 5.10 Å². The van der Waals surface area contributed by atoms with Crippen LogP contribution in [0.2, 0.25) is 0 Å². The average Bonchev–Trinajstić information content (AvgIpc) is 3.12. The normalized spacial score (nSPS) is 17.6. The van der Waals surface area contributed by atoms with Crippen LogP contribution in [0.5, 0.6) is 0 Å². The molecule has 0 aliphatic heterocycles. The van der Waals surface area contributed by atoms with Gasteiger partial charge in [-0.2, -0.15) is 5.10 Å². The van der Waals surface area contributed by atoms with Crippen LogP contribution in [0.15, 0.2) is 36.7 Å². The summed E-state index contributed by atoms with van der Waals surface area (Å²) in [5.74, 6) is 0.284. The van der Waals surface area contributed by atoms with Crippen molar-refractivity contribution < 1.29 is 5.11 Å². The quantitative estimate of drug-likeness (QED) is 0.748. The van der Waals surface area contributed by atoms with Crippen molar-refractivity contribution in [2.24, 2.45) is 0 Å². The maximum absolute atomic E-state index is 9.49. The van der Waals surface area contributed by atoms with Crippen LogP contribution in [0.25, 0.3) is 22.2 Å². The number of hydrogen-bond donors (Lipinski definition) is 2. The van der Waals surface area contributed by atoms with Crippen molar-refractivity contribution in [1.82, 2.24) is 15.2 Å². The summed E-state index contributed by atoms with van der Waals surface area (Å²) in [4.78, 5) is 4.27. The van der Waals surface area contributed by atoms with Crippen LogP contribution in [-0.2, 0) is 6.42 Å². The molecule has 0 bridgehead atoms. The first kappa shape index (κ1) is 11.6. The van der Waals surface area contributed by atoms with Crippen molar-refractivity contribution in [3.63, 3.8) is 0 Å².